The number of hydrogen-bond acceptors (Lipinski definition) is 3. The molecule has 2 atom stereocenters. The van der Waals surface area contributed by atoms with Gasteiger partial charge in [-0.15, -0.1) is 0 Å². The Kier molecular flexibility index (Phi) is 5.38. The van der Waals surface area contributed by atoms with Gasteiger partial charge in [0, 0.05) is 36.5 Å². The smallest absolute Gasteiger partial charge is 0.130 e. The highest BCUT2D eigenvalue weighted by Crippen LogP contribution is 2.34. The van der Waals surface area contributed by atoms with E-state index in [0.29, 0.717) is 6.04 Å². The minimum atomic E-state index is -0.142. The van der Waals surface area contributed by atoms with Crippen LogP contribution in [0.5, 0.6) is 0 Å². The third kappa shape index (κ3) is 3.13. The van der Waals surface area contributed by atoms with Crippen LogP contribution in [0.25, 0.3) is 0 Å². The van der Waals surface area contributed by atoms with Gasteiger partial charge >= 0.3 is 0 Å². The summed E-state index contributed by atoms with van der Waals surface area (Å²) in [4.78, 5) is 2.32. The zero-order valence-corrected chi connectivity index (χ0v) is 12.4. The summed E-state index contributed by atoms with van der Waals surface area (Å²) in [5, 5.41) is 12.2. The third-order valence-corrected chi connectivity index (χ3v) is 4.28. The third-order valence-electron chi connectivity index (χ3n) is 4.28. The summed E-state index contributed by atoms with van der Waals surface area (Å²) >= 11 is 0. The summed E-state index contributed by atoms with van der Waals surface area (Å²) in [5.74, 6) is -0.142. The molecule has 0 bridgehead atoms. The Balaban J connectivity index is 2.29. The average molecular weight is 280 g/mol. The van der Waals surface area contributed by atoms with Gasteiger partial charge in [0.2, 0.25) is 0 Å². The molecule has 1 fully saturated rings. The van der Waals surface area contributed by atoms with Crippen molar-refractivity contribution in [3.05, 3.63) is 29.6 Å². The number of benzene rings is 1. The van der Waals surface area contributed by atoms with Gasteiger partial charge in [-0.3, -0.25) is 0 Å². The summed E-state index contributed by atoms with van der Waals surface area (Å²) in [5.41, 5.74) is 1.76. The van der Waals surface area contributed by atoms with Gasteiger partial charge in [-0.25, -0.2) is 4.39 Å². The van der Waals surface area contributed by atoms with Crippen LogP contribution in [0.2, 0.25) is 0 Å². The van der Waals surface area contributed by atoms with Crippen molar-refractivity contribution in [2.24, 2.45) is 0 Å². The summed E-state index contributed by atoms with van der Waals surface area (Å²) in [6, 6.07) is 5.75. The van der Waals surface area contributed by atoms with Gasteiger partial charge in [0.05, 0.1) is 0 Å². The molecule has 0 aromatic heterocycles. The van der Waals surface area contributed by atoms with Crippen molar-refractivity contribution >= 4 is 5.69 Å². The number of rotatable bonds is 6. The molecule has 2 unspecified atom stereocenters. The van der Waals surface area contributed by atoms with Crippen LogP contribution in [-0.4, -0.2) is 31.3 Å². The molecule has 0 radical (unpaired) electrons. The molecule has 0 amide bonds. The Hall–Kier alpha value is -1.13. The second-order valence-electron chi connectivity index (χ2n) is 5.54. The molecule has 2 N–H and O–H groups in total. The van der Waals surface area contributed by atoms with E-state index < -0.39 is 0 Å². The fraction of sp³-hybridized carbons (Fsp3) is 0.625. The van der Waals surface area contributed by atoms with Crippen molar-refractivity contribution in [3.8, 4) is 0 Å². The van der Waals surface area contributed by atoms with Crippen LogP contribution in [-0.2, 0) is 0 Å². The van der Waals surface area contributed by atoms with E-state index in [9.17, 15) is 4.39 Å². The van der Waals surface area contributed by atoms with E-state index in [-0.39, 0.29) is 18.5 Å². The van der Waals surface area contributed by atoms with Gasteiger partial charge in [0.25, 0.3) is 0 Å². The van der Waals surface area contributed by atoms with Crippen molar-refractivity contribution in [3.63, 3.8) is 0 Å². The van der Waals surface area contributed by atoms with Crippen LogP contribution >= 0.6 is 0 Å². The Morgan fingerprint density at radius 1 is 1.50 bits per heavy atom. The van der Waals surface area contributed by atoms with E-state index >= 15 is 0 Å². The van der Waals surface area contributed by atoms with Crippen LogP contribution in [0.15, 0.2) is 18.2 Å². The molecule has 0 saturated carbocycles. The number of hydrogen-bond donors (Lipinski definition) is 2. The van der Waals surface area contributed by atoms with E-state index in [1.165, 1.54) is 6.07 Å². The van der Waals surface area contributed by atoms with E-state index in [0.717, 1.165) is 43.5 Å². The maximum absolute atomic E-state index is 14.2. The highest BCUT2D eigenvalue weighted by molar-refractivity contribution is 5.57. The van der Waals surface area contributed by atoms with Crippen LogP contribution in [0.1, 0.15) is 44.2 Å². The van der Waals surface area contributed by atoms with Crippen molar-refractivity contribution in [1.82, 2.24) is 5.32 Å². The van der Waals surface area contributed by atoms with Gasteiger partial charge < -0.3 is 15.3 Å². The fourth-order valence-electron chi connectivity index (χ4n) is 3.13. The largest absolute Gasteiger partial charge is 0.396 e. The Labute approximate surface area is 120 Å². The highest BCUT2D eigenvalue weighted by atomic mass is 19.1. The molecule has 0 aliphatic carbocycles. The molecule has 0 spiro atoms. The zero-order valence-electron chi connectivity index (χ0n) is 12.4. The van der Waals surface area contributed by atoms with Gasteiger partial charge in [0.1, 0.15) is 5.82 Å². The van der Waals surface area contributed by atoms with Crippen LogP contribution in [0.4, 0.5) is 10.1 Å². The number of anilines is 1. The standard InChI is InChI=1S/C16H25FN2O/c1-12(18-2)16-14(17)8-3-9-15(16)19-10-4-6-13(19)7-5-11-20/h3,8-9,12-13,18,20H,4-7,10-11H2,1-2H3. The van der Waals surface area contributed by atoms with Gasteiger partial charge in [-0.05, 0) is 51.8 Å². The second kappa shape index (κ2) is 7.04. The Bertz CT molecular complexity index is 438. The number of nitrogens with one attached hydrogen (secondary N) is 1. The van der Waals surface area contributed by atoms with Crippen molar-refractivity contribution < 1.29 is 9.50 Å². The first-order valence-corrected chi connectivity index (χ1v) is 7.52. The van der Waals surface area contributed by atoms with Gasteiger partial charge in [-0.1, -0.05) is 6.07 Å². The summed E-state index contributed by atoms with van der Waals surface area (Å²) in [6.07, 6.45) is 4.05. The highest BCUT2D eigenvalue weighted by Gasteiger charge is 2.28. The van der Waals surface area contributed by atoms with Gasteiger partial charge in [0.15, 0.2) is 0 Å². The normalized spacial score (nSPS) is 20.4. The second-order valence-corrected chi connectivity index (χ2v) is 5.54. The minimum absolute atomic E-state index is 0.00899. The number of aliphatic hydroxyl groups is 1. The summed E-state index contributed by atoms with van der Waals surface area (Å²) in [6.45, 7) is 3.19. The van der Waals surface area contributed by atoms with E-state index in [2.05, 4.69) is 10.2 Å². The molecular weight excluding hydrogens is 255 g/mol. The molecule has 1 aliphatic heterocycles. The van der Waals surface area contributed by atoms with E-state index in [1.54, 1.807) is 6.07 Å². The monoisotopic (exact) mass is 280 g/mol. The van der Waals surface area contributed by atoms with Crippen LogP contribution < -0.4 is 10.2 Å². The first kappa shape index (κ1) is 15.3. The predicted octanol–water partition coefficient (Wildman–Crippen LogP) is 2.85. The molecule has 2 rings (SSSR count). The Morgan fingerprint density at radius 2 is 2.30 bits per heavy atom. The van der Waals surface area contributed by atoms with E-state index in [1.807, 2.05) is 20.0 Å². The molecule has 1 heterocycles. The zero-order chi connectivity index (χ0) is 14.5. The first-order chi connectivity index (χ1) is 9.69. The van der Waals surface area contributed by atoms with Crippen LogP contribution in [0.3, 0.4) is 0 Å². The lowest BCUT2D eigenvalue weighted by molar-refractivity contribution is 0.279. The SMILES string of the molecule is CNC(C)c1c(F)cccc1N1CCCC1CCCO. The lowest BCUT2D eigenvalue weighted by Crippen LogP contribution is -2.31. The average Bonchev–Trinajstić information content (AvgIpc) is 2.92. The first-order valence-electron chi connectivity index (χ1n) is 7.52. The molecular formula is C16H25FN2O. The van der Waals surface area contributed by atoms with Crippen molar-refractivity contribution in [2.75, 3.05) is 25.1 Å². The molecule has 1 aliphatic rings. The molecule has 1 saturated heterocycles. The predicted molar refractivity (Wildman–Crippen MR) is 80.6 cm³/mol. The maximum atomic E-state index is 14.2. The molecule has 3 nitrogen and oxygen atoms in total. The molecule has 4 heteroatoms. The minimum Gasteiger partial charge on any atom is -0.396 e. The lowest BCUT2D eigenvalue weighted by atomic mass is 10.0. The van der Waals surface area contributed by atoms with Crippen molar-refractivity contribution in [1.29, 1.82) is 0 Å². The molecule has 1 aromatic carbocycles. The molecule has 112 valence electrons. The van der Waals surface area contributed by atoms with Crippen molar-refractivity contribution in [2.45, 2.75) is 44.7 Å². The maximum Gasteiger partial charge on any atom is 0.130 e. The van der Waals surface area contributed by atoms with Crippen LogP contribution in [0, 0.1) is 5.82 Å². The number of nitrogens with zero attached hydrogens (tertiary/aromatic N) is 1. The Morgan fingerprint density at radius 3 is 3.00 bits per heavy atom. The van der Waals surface area contributed by atoms with Gasteiger partial charge in [-0.2, -0.15) is 0 Å². The quantitative estimate of drug-likeness (QED) is 0.841. The molecule has 1 aromatic rings. The number of halogens is 1. The molecule has 20 heavy (non-hydrogen) atoms. The summed E-state index contributed by atoms with van der Waals surface area (Å²) < 4.78 is 14.2. The lowest BCUT2D eigenvalue weighted by Gasteiger charge is -2.30. The topological polar surface area (TPSA) is 35.5 Å². The fourth-order valence-corrected chi connectivity index (χ4v) is 3.13. The number of aliphatic hydroxyl groups excluding tert-OH is 1. The van der Waals surface area contributed by atoms with E-state index in [4.69, 9.17) is 5.11 Å². The summed E-state index contributed by atoms with van der Waals surface area (Å²) in [7, 11) is 1.86.